The Balaban J connectivity index is 1.60. The van der Waals surface area contributed by atoms with Gasteiger partial charge in [-0.05, 0) is 38.7 Å². The molecule has 152 valence electrons. The average Bonchev–Trinajstić information content (AvgIpc) is 3.17. The fourth-order valence-electron chi connectivity index (χ4n) is 4.34. The maximum atomic E-state index is 12.8. The third-order valence-corrected chi connectivity index (χ3v) is 7.20. The minimum Gasteiger partial charge on any atom is -0.351 e. The Morgan fingerprint density at radius 3 is 2.46 bits per heavy atom. The Kier molecular flexibility index (Phi) is 5.13. The van der Waals surface area contributed by atoms with E-state index in [0.29, 0.717) is 37.5 Å². The highest BCUT2D eigenvalue weighted by Gasteiger charge is 2.26. The molecule has 0 unspecified atom stereocenters. The van der Waals surface area contributed by atoms with Gasteiger partial charge in [0.2, 0.25) is 16.0 Å². The van der Waals surface area contributed by atoms with Crippen molar-refractivity contribution in [1.29, 1.82) is 0 Å². The fourth-order valence-corrected chi connectivity index (χ4v) is 5.22. The smallest absolute Gasteiger partial charge is 0.255 e. The molecule has 4 rings (SSSR count). The molecule has 1 saturated heterocycles. The maximum absolute atomic E-state index is 12.8. The lowest BCUT2D eigenvalue weighted by Gasteiger charge is -2.30. The Bertz CT molecular complexity index is 1040. The molecular formula is C19H27N5O3S. The number of aromatic nitrogens is 3. The molecule has 1 saturated carbocycles. The summed E-state index contributed by atoms with van der Waals surface area (Å²) in [5.41, 5.74) is 1.44. The molecule has 0 bridgehead atoms. The van der Waals surface area contributed by atoms with Gasteiger partial charge in [-0.1, -0.05) is 12.8 Å². The van der Waals surface area contributed by atoms with Gasteiger partial charge in [-0.25, -0.2) is 17.7 Å². The number of nitrogens with one attached hydrogen (secondary N) is 1. The molecule has 1 aliphatic carbocycles. The monoisotopic (exact) mass is 405 g/mol. The molecule has 0 atom stereocenters. The second-order valence-corrected chi connectivity index (χ2v) is 9.98. The van der Waals surface area contributed by atoms with Crippen molar-refractivity contribution >= 4 is 27.0 Å². The number of aryl methyl sites for hydroxylation is 1. The van der Waals surface area contributed by atoms with Crippen molar-refractivity contribution < 1.29 is 8.42 Å². The lowest BCUT2D eigenvalue weighted by atomic mass is 10.1. The second kappa shape index (κ2) is 7.44. The van der Waals surface area contributed by atoms with Gasteiger partial charge in [-0.15, -0.1) is 0 Å². The number of hydrogen-bond donors (Lipinski definition) is 1. The van der Waals surface area contributed by atoms with Crippen molar-refractivity contribution in [2.24, 2.45) is 0 Å². The molecule has 2 fully saturated rings. The summed E-state index contributed by atoms with van der Waals surface area (Å²) < 4.78 is 26.7. The largest absolute Gasteiger partial charge is 0.351 e. The molecule has 3 heterocycles. The van der Waals surface area contributed by atoms with E-state index in [1.54, 1.807) is 6.20 Å². The third-order valence-electron chi connectivity index (χ3n) is 5.90. The standard InChI is InChI=1S/C19H27N5O3S/c1-13-11-14-12-20-19(21-15-7-9-23(10-8-15)28(2,26)27)22-17(14)24(18(13)25)16-5-3-4-6-16/h11-12,15-16H,3-10H2,1-2H3,(H,20,21,22). The molecule has 9 heteroatoms. The molecule has 2 aliphatic rings. The van der Waals surface area contributed by atoms with E-state index in [1.165, 1.54) is 10.6 Å². The third kappa shape index (κ3) is 3.77. The quantitative estimate of drug-likeness (QED) is 0.836. The molecule has 1 N–H and O–H groups in total. The number of fused-ring (bicyclic) bond motifs is 1. The van der Waals surface area contributed by atoms with Gasteiger partial charge in [-0.2, -0.15) is 4.98 Å². The van der Waals surface area contributed by atoms with Crippen LogP contribution in [0, 0.1) is 6.92 Å². The number of piperidine rings is 1. The first-order chi connectivity index (χ1) is 13.3. The summed E-state index contributed by atoms with van der Waals surface area (Å²) in [6.45, 7) is 2.83. The molecule has 8 nitrogen and oxygen atoms in total. The van der Waals surface area contributed by atoms with Crippen LogP contribution in [-0.4, -0.2) is 52.6 Å². The van der Waals surface area contributed by atoms with Gasteiger partial charge in [0.05, 0.1) is 6.26 Å². The van der Waals surface area contributed by atoms with E-state index in [9.17, 15) is 13.2 Å². The molecule has 0 amide bonds. The van der Waals surface area contributed by atoms with E-state index in [-0.39, 0.29) is 17.6 Å². The zero-order valence-electron chi connectivity index (χ0n) is 16.4. The Morgan fingerprint density at radius 2 is 1.82 bits per heavy atom. The van der Waals surface area contributed by atoms with E-state index in [1.807, 2.05) is 17.6 Å². The van der Waals surface area contributed by atoms with Gasteiger partial charge in [0.15, 0.2) is 0 Å². The first-order valence-corrected chi connectivity index (χ1v) is 11.8. The van der Waals surface area contributed by atoms with Crippen LogP contribution in [0.1, 0.15) is 50.1 Å². The van der Waals surface area contributed by atoms with E-state index in [4.69, 9.17) is 4.98 Å². The first-order valence-electron chi connectivity index (χ1n) is 9.93. The van der Waals surface area contributed by atoms with Crippen LogP contribution in [0.2, 0.25) is 0 Å². The fraction of sp³-hybridized carbons (Fsp3) is 0.632. The van der Waals surface area contributed by atoms with Crippen LogP contribution in [0.4, 0.5) is 5.95 Å². The van der Waals surface area contributed by atoms with Gasteiger partial charge < -0.3 is 5.32 Å². The highest BCUT2D eigenvalue weighted by Crippen LogP contribution is 2.30. The molecule has 2 aromatic heterocycles. The van der Waals surface area contributed by atoms with Crippen LogP contribution >= 0.6 is 0 Å². The minimum atomic E-state index is -3.14. The summed E-state index contributed by atoms with van der Waals surface area (Å²) >= 11 is 0. The predicted molar refractivity (Wildman–Crippen MR) is 109 cm³/mol. The van der Waals surface area contributed by atoms with Gasteiger partial charge >= 0.3 is 0 Å². The number of hydrogen-bond acceptors (Lipinski definition) is 6. The predicted octanol–water partition coefficient (Wildman–Crippen LogP) is 2.05. The van der Waals surface area contributed by atoms with Gasteiger partial charge in [0.25, 0.3) is 5.56 Å². The lowest BCUT2D eigenvalue weighted by molar-refractivity contribution is 0.331. The van der Waals surface area contributed by atoms with Crippen LogP contribution in [0.15, 0.2) is 17.1 Å². The zero-order chi connectivity index (χ0) is 19.9. The summed E-state index contributed by atoms with van der Waals surface area (Å²) in [4.78, 5) is 22.0. The molecule has 0 aromatic carbocycles. The van der Waals surface area contributed by atoms with E-state index in [0.717, 1.165) is 36.6 Å². The summed E-state index contributed by atoms with van der Waals surface area (Å²) in [6, 6.07) is 2.18. The van der Waals surface area contributed by atoms with E-state index >= 15 is 0 Å². The molecule has 1 aliphatic heterocycles. The number of pyridine rings is 1. The Labute approximate surface area is 165 Å². The van der Waals surface area contributed by atoms with Crippen LogP contribution in [0.25, 0.3) is 11.0 Å². The van der Waals surface area contributed by atoms with Crippen LogP contribution < -0.4 is 10.9 Å². The summed E-state index contributed by atoms with van der Waals surface area (Å²) in [6.07, 6.45) is 8.73. The number of rotatable bonds is 4. The van der Waals surface area contributed by atoms with Crippen molar-refractivity contribution in [1.82, 2.24) is 18.8 Å². The van der Waals surface area contributed by atoms with Crippen molar-refractivity contribution in [3.8, 4) is 0 Å². The zero-order valence-corrected chi connectivity index (χ0v) is 17.2. The summed E-state index contributed by atoms with van der Waals surface area (Å²) in [5.74, 6) is 0.500. The average molecular weight is 406 g/mol. The number of anilines is 1. The molecule has 0 spiro atoms. The van der Waals surface area contributed by atoms with Gasteiger partial charge in [0.1, 0.15) is 5.65 Å². The topological polar surface area (TPSA) is 97.2 Å². The molecule has 0 radical (unpaired) electrons. The first kappa shape index (κ1) is 19.3. The molecule has 2 aromatic rings. The van der Waals surface area contributed by atoms with Gasteiger partial charge in [0, 0.05) is 42.3 Å². The number of sulfonamides is 1. The van der Waals surface area contributed by atoms with E-state index in [2.05, 4.69) is 10.3 Å². The normalized spacial score (nSPS) is 20.1. The highest BCUT2D eigenvalue weighted by atomic mass is 32.2. The van der Waals surface area contributed by atoms with Crippen LogP contribution in [-0.2, 0) is 10.0 Å². The van der Waals surface area contributed by atoms with Gasteiger partial charge in [-0.3, -0.25) is 9.36 Å². The Hall–Kier alpha value is -2.00. The van der Waals surface area contributed by atoms with Crippen molar-refractivity contribution in [2.75, 3.05) is 24.7 Å². The highest BCUT2D eigenvalue weighted by molar-refractivity contribution is 7.88. The van der Waals surface area contributed by atoms with Crippen molar-refractivity contribution in [3.05, 3.63) is 28.2 Å². The molecule has 28 heavy (non-hydrogen) atoms. The molecular weight excluding hydrogens is 378 g/mol. The Morgan fingerprint density at radius 1 is 1.14 bits per heavy atom. The maximum Gasteiger partial charge on any atom is 0.255 e. The van der Waals surface area contributed by atoms with Crippen LogP contribution in [0.5, 0.6) is 0 Å². The van der Waals surface area contributed by atoms with Crippen LogP contribution in [0.3, 0.4) is 0 Å². The van der Waals surface area contributed by atoms with E-state index < -0.39 is 10.0 Å². The lowest BCUT2D eigenvalue weighted by Crippen LogP contribution is -2.42. The minimum absolute atomic E-state index is 0.0329. The second-order valence-electron chi connectivity index (χ2n) is 7.99. The SMILES string of the molecule is Cc1cc2cnc(NC3CCN(S(C)(=O)=O)CC3)nc2n(C2CCCC2)c1=O. The summed E-state index contributed by atoms with van der Waals surface area (Å²) in [7, 11) is -3.14. The van der Waals surface area contributed by atoms with Crippen molar-refractivity contribution in [2.45, 2.75) is 57.5 Å². The number of nitrogens with zero attached hydrogens (tertiary/aromatic N) is 4. The summed E-state index contributed by atoms with van der Waals surface area (Å²) in [5, 5.41) is 4.21. The van der Waals surface area contributed by atoms with Crippen molar-refractivity contribution in [3.63, 3.8) is 0 Å².